The van der Waals surface area contributed by atoms with Crippen molar-refractivity contribution in [1.82, 2.24) is 25.0 Å². The van der Waals surface area contributed by atoms with E-state index in [1.807, 2.05) is 26.1 Å². The van der Waals surface area contributed by atoms with Gasteiger partial charge >= 0.3 is 0 Å². The van der Waals surface area contributed by atoms with E-state index in [2.05, 4.69) is 25.6 Å². The Morgan fingerprint density at radius 1 is 1.33 bits per heavy atom. The number of anilines is 1. The highest BCUT2D eigenvalue weighted by Gasteiger charge is 2.21. The summed E-state index contributed by atoms with van der Waals surface area (Å²) in [5.41, 5.74) is 3.10. The molecule has 0 atom stereocenters. The highest BCUT2D eigenvalue weighted by Crippen LogP contribution is 2.34. The number of aromatic amines is 1. The molecule has 1 aliphatic carbocycles. The molecule has 0 radical (unpaired) electrons. The number of carbonyl (C=O) groups is 1. The van der Waals surface area contributed by atoms with Crippen molar-refractivity contribution in [2.24, 2.45) is 7.05 Å². The highest BCUT2D eigenvalue weighted by atomic mass is 16.1. The van der Waals surface area contributed by atoms with Crippen LogP contribution in [-0.4, -0.2) is 30.9 Å². The first-order valence-corrected chi connectivity index (χ1v) is 8.28. The molecule has 0 saturated heterocycles. The molecule has 0 aromatic carbocycles. The van der Waals surface area contributed by atoms with Crippen molar-refractivity contribution in [3.63, 3.8) is 0 Å². The summed E-state index contributed by atoms with van der Waals surface area (Å²) in [7, 11) is 1.86. The third-order valence-electron chi connectivity index (χ3n) is 4.78. The molecule has 0 spiro atoms. The van der Waals surface area contributed by atoms with Crippen LogP contribution < -0.4 is 5.32 Å². The fourth-order valence-corrected chi connectivity index (χ4v) is 3.36. The Morgan fingerprint density at radius 2 is 2.12 bits per heavy atom. The number of hydrogen-bond acceptors (Lipinski definition) is 4. The van der Waals surface area contributed by atoms with Crippen LogP contribution in [0.2, 0.25) is 0 Å². The van der Waals surface area contributed by atoms with Gasteiger partial charge in [-0.3, -0.25) is 14.6 Å². The number of amides is 1. The van der Waals surface area contributed by atoms with E-state index in [9.17, 15) is 4.79 Å². The lowest BCUT2D eigenvalue weighted by atomic mass is 10.0. The number of aromatic nitrogens is 5. The molecule has 2 N–H and O–H groups in total. The van der Waals surface area contributed by atoms with E-state index >= 15 is 0 Å². The summed E-state index contributed by atoms with van der Waals surface area (Å²) < 4.78 is 1.74. The van der Waals surface area contributed by atoms with Crippen LogP contribution in [0.3, 0.4) is 0 Å². The van der Waals surface area contributed by atoms with Crippen LogP contribution >= 0.6 is 0 Å². The van der Waals surface area contributed by atoms with Gasteiger partial charge in [-0.05, 0) is 25.8 Å². The summed E-state index contributed by atoms with van der Waals surface area (Å²) in [6.07, 6.45) is 6.44. The summed E-state index contributed by atoms with van der Waals surface area (Å²) in [5.74, 6) is 1.05. The minimum atomic E-state index is -0.189. The van der Waals surface area contributed by atoms with Crippen LogP contribution in [-0.2, 0) is 7.05 Å². The second-order valence-corrected chi connectivity index (χ2v) is 6.46. The lowest BCUT2D eigenvalue weighted by Crippen LogP contribution is -2.14. The van der Waals surface area contributed by atoms with E-state index in [1.54, 1.807) is 10.9 Å². The summed E-state index contributed by atoms with van der Waals surface area (Å²) in [5, 5.41) is 15.3. The molecular formula is C17H20N6O. The van der Waals surface area contributed by atoms with Gasteiger partial charge in [0.25, 0.3) is 5.91 Å². The molecule has 0 bridgehead atoms. The Kier molecular flexibility index (Phi) is 3.55. The first-order valence-electron chi connectivity index (χ1n) is 8.28. The minimum absolute atomic E-state index is 0.189. The van der Waals surface area contributed by atoms with Gasteiger partial charge in [-0.25, -0.2) is 4.98 Å². The number of hydrogen-bond donors (Lipinski definition) is 2. The number of aryl methyl sites for hydroxylation is 2. The van der Waals surface area contributed by atoms with Crippen LogP contribution in [0, 0.1) is 6.92 Å². The van der Waals surface area contributed by atoms with Crippen molar-refractivity contribution in [3.05, 3.63) is 35.3 Å². The number of fused-ring (bicyclic) bond motifs is 1. The van der Waals surface area contributed by atoms with Crippen molar-refractivity contribution in [2.45, 2.75) is 38.5 Å². The van der Waals surface area contributed by atoms with E-state index in [0.717, 1.165) is 16.8 Å². The van der Waals surface area contributed by atoms with E-state index in [1.165, 1.54) is 25.7 Å². The Hall–Kier alpha value is -2.70. The summed E-state index contributed by atoms with van der Waals surface area (Å²) in [4.78, 5) is 16.8. The van der Waals surface area contributed by atoms with E-state index in [0.29, 0.717) is 22.9 Å². The van der Waals surface area contributed by atoms with Crippen molar-refractivity contribution in [1.29, 1.82) is 0 Å². The SMILES string of the molecule is Cc1[nH]nc2ncc(C(=O)Nc3cc(C4CCCC4)nn3C)cc12. The van der Waals surface area contributed by atoms with Gasteiger partial charge in [-0.2, -0.15) is 10.2 Å². The van der Waals surface area contributed by atoms with E-state index in [-0.39, 0.29) is 5.91 Å². The molecule has 7 nitrogen and oxygen atoms in total. The minimum Gasteiger partial charge on any atom is -0.307 e. The highest BCUT2D eigenvalue weighted by molar-refractivity contribution is 6.05. The maximum atomic E-state index is 12.6. The van der Waals surface area contributed by atoms with Gasteiger partial charge in [0, 0.05) is 36.3 Å². The molecule has 3 aromatic heterocycles. The molecule has 3 aromatic rings. The van der Waals surface area contributed by atoms with Gasteiger partial charge in [0.1, 0.15) is 5.82 Å². The number of pyridine rings is 1. The van der Waals surface area contributed by atoms with Gasteiger partial charge in [0.05, 0.1) is 11.3 Å². The third-order valence-corrected chi connectivity index (χ3v) is 4.78. The second-order valence-electron chi connectivity index (χ2n) is 6.46. The van der Waals surface area contributed by atoms with Crippen molar-refractivity contribution in [3.8, 4) is 0 Å². The van der Waals surface area contributed by atoms with Crippen LogP contribution in [0.1, 0.15) is 53.3 Å². The summed E-state index contributed by atoms with van der Waals surface area (Å²) in [6.45, 7) is 1.91. The zero-order valence-corrected chi connectivity index (χ0v) is 13.8. The number of rotatable bonds is 3. The zero-order chi connectivity index (χ0) is 16.7. The molecule has 124 valence electrons. The monoisotopic (exact) mass is 324 g/mol. The molecule has 1 saturated carbocycles. The van der Waals surface area contributed by atoms with Crippen molar-refractivity contribution >= 4 is 22.8 Å². The number of carbonyl (C=O) groups excluding carboxylic acids is 1. The predicted octanol–water partition coefficient (Wildman–Crippen LogP) is 2.91. The topological polar surface area (TPSA) is 88.5 Å². The standard InChI is InChI=1S/C17H20N6O/c1-10-13-7-12(9-18-16(13)21-20-10)17(24)19-15-8-14(22-23(15)2)11-5-3-4-6-11/h7-9,11H,3-6H2,1-2H3,(H,19,24)(H,18,20,21). The predicted molar refractivity (Wildman–Crippen MR) is 91.0 cm³/mol. The number of nitrogens with zero attached hydrogens (tertiary/aromatic N) is 4. The van der Waals surface area contributed by atoms with Crippen molar-refractivity contribution in [2.75, 3.05) is 5.32 Å². The molecule has 4 rings (SSSR count). The van der Waals surface area contributed by atoms with Crippen LogP contribution in [0.4, 0.5) is 5.82 Å². The number of nitrogens with one attached hydrogen (secondary N) is 2. The Balaban J connectivity index is 1.57. The lowest BCUT2D eigenvalue weighted by molar-refractivity contribution is 0.102. The Bertz CT molecular complexity index is 903. The van der Waals surface area contributed by atoms with Crippen LogP contribution in [0.5, 0.6) is 0 Å². The largest absolute Gasteiger partial charge is 0.307 e. The molecule has 3 heterocycles. The fourth-order valence-electron chi connectivity index (χ4n) is 3.36. The molecular weight excluding hydrogens is 304 g/mol. The normalized spacial score (nSPS) is 15.2. The maximum Gasteiger partial charge on any atom is 0.258 e. The fraction of sp³-hybridized carbons (Fsp3) is 0.412. The molecule has 0 aliphatic heterocycles. The summed E-state index contributed by atoms with van der Waals surface area (Å²) in [6, 6.07) is 3.80. The first kappa shape index (κ1) is 14.9. The summed E-state index contributed by atoms with van der Waals surface area (Å²) >= 11 is 0. The van der Waals surface area contributed by atoms with Gasteiger partial charge in [0.2, 0.25) is 0 Å². The molecule has 1 fully saturated rings. The second kappa shape index (κ2) is 5.74. The van der Waals surface area contributed by atoms with Gasteiger partial charge < -0.3 is 5.32 Å². The maximum absolute atomic E-state index is 12.6. The third kappa shape index (κ3) is 2.55. The lowest BCUT2D eigenvalue weighted by Gasteiger charge is -2.04. The Labute approximate surface area is 139 Å². The van der Waals surface area contributed by atoms with Gasteiger partial charge in [-0.1, -0.05) is 12.8 Å². The smallest absolute Gasteiger partial charge is 0.258 e. The molecule has 0 unspecified atom stereocenters. The Morgan fingerprint density at radius 3 is 2.92 bits per heavy atom. The number of H-pyrrole nitrogens is 1. The van der Waals surface area contributed by atoms with E-state index < -0.39 is 0 Å². The van der Waals surface area contributed by atoms with Crippen LogP contribution in [0.25, 0.3) is 11.0 Å². The van der Waals surface area contributed by atoms with E-state index in [4.69, 9.17) is 0 Å². The molecule has 1 amide bonds. The zero-order valence-electron chi connectivity index (χ0n) is 13.8. The molecule has 7 heteroatoms. The molecule has 24 heavy (non-hydrogen) atoms. The quantitative estimate of drug-likeness (QED) is 0.775. The van der Waals surface area contributed by atoms with Gasteiger partial charge in [-0.15, -0.1) is 0 Å². The first-order chi connectivity index (χ1) is 11.6. The average Bonchev–Trinajstić information content (AvgIpc) is 3.29. The molecule has 1 aliphatic rings. The van der Waals surface area contributed by atoms with Crippen LogP contribution in [0.15, 0.2) is 18.3 Å². The average molecular weight is 324 g/mol. The van der Waals surface area contributed by atoms with Gasteiger partial charge in [0.15, 0.2) is 5.65 Å². The van der Waals surface area contributed by atoms with Crippen molar-refractivity contribution < 1.29 is 4.79 Å².